The number of hydrogen-bond donors (Lipinski definition) is 6. The molecule has 0 aliphatic carbocycles. The molecule has 0 saturated carbocycles. The van der Waals surface area contributed by atoms with Crippen LogP contribution in [0, 0.1) is 13.8 Å². The van der Waals surface area contributed by atoms with E-state index in [-0.39, 0.29) is 47.3 Å². The number of amides is 3. The molecule has 1 aromatic carbocycles. The third kappa shape index (κ3) is 10.4. The van der Waals surface area contributed by atoms with Crippen molar-refractivity contribution in [3.63, 3.8) is 0 Å². The SMILES string of the molecule is Cc1cc(Nc2nc(N3CCCC(N)C3C)cnc2C(N)=O)sn1.Cc1cc(Nc2nc(N3CCCC(NC(=O)c4ccc(N(C)C)cc4)C3C)cnc2C(N)=O)sn1. The van der Waals surface area contributed by atoms with Crippen molar-refractivity contribution < 1.29 is 14.4 Å². The van der Waals surface area contributed by atoms with Crippen LogP contribution >= 0.6 is 23.1 Å². The number of hydrogen-bond acceptors (Lipinski definition) is 17. The topological polar surface area (TPSA) is 252 Å². The third-order valence-corrected chi connectivity index (χ3v) is 11.9. The molecule has 7 rings (SSSR count). The Balaban J connectivity index is 0.000000213. The normalized spacial score (nSPS) is 19.0. The largest absolute Gasteiger partial charge is 0.378 e. The first-order valence-electron chi connectivity index (χ1n) is 19.3. The quantitative estimate of drug-likeness (QED) is 0.108. The molecule has 3 amide bonds. The van der Waals surface area contributed by atoms with Gasteiger partial charge in [-0.2, -0.15) is 8.75 Å². The van der Waals surface area contributed by atoms with Gasteiger partial charge in [0.1, 0.15) is 21.6 Å². The van der Waals surface area contributed by atoms with Crippen LogP contribution in [0.25, 0.3) is 0 Å². The molecule has 6 heterocycles. The summed E-state index contributed by atoms with van der Waals surface area (Å²) < 4.78 is 8.46. The Hall–Kier alpha value is -5.99. The van der Waals surface area contributed by atoms with Gasteiger partial charge in [0.2, 0.25) is 0 Å². The third-order valence-electron chi connectivity index (χ3n) is 10.3. The Morgan fingerprint density at radius 1 is 0.763 bits per heavy atom. The summed E-state index contributed by atoms with van der Waals surface area (Å²) in [5.74, 6) is 0.540. The van der Waals surface area contributed by atoms with Crippen molar-refractivity contribution in [1.29, 1.82) is 0 Å². The van der Waals surface area contributed by atoms with E-state index < -0.39 is 11.8 Å². The molecule has 5 aromatic rings. The van der Waals surface area contributed by atoms with Crippen molar-refractivity contribution in [2.75, 3.05) is 52.5 Å². The predicted molar refractivity (Wildman–Crippen MR) is 233 cm³/mol. The zero-order chi connectivity index (χ0) is 42.4. The van der Waals surface area contributed by atoms with E-state index in [0.29, 0.717) is 23.0 Å². The van der Waals surface area contributed by atoms with E-state index in [2.05, 4.69) is 68.3 Å². The standard InChI is InChI=1S/C24H30N8O2S.C15H21N7OS/c1-14-12-20(35-30-14)29-23-21(22(25)33)26-13-19(28-23)32-11-5-6-18(15(32)2)27-24(34)16-7-9-17(10-8-16)31(3)4;1-8-6-12(24-21-8)20-15-13(14(17)23)18-7-11(19-15)22-5-3-4-10(16)9(22)2/h7-10,12-13,15,18H,5-6,11H2,1-4H3,(H2,25,33)(H,27,34)(H,28,29);6-7,9-10H,3-5,16H2,1-2H3,(H2,17,23)(H,19,20). The Bertz CT molecular complexity index is 2260. The molecule has 0 spiro atoms. The number of primary amides is 2. The lowest BCUT2D eigenvalue weighted by Crippen LogP contribution is -2.54. The minimum absolute atomic E-state index is 0.0269. The van der Waals surface area contributed by atoms with Crippen LogP contribution in [0.5, 0.6) is 0 Å². The summed E-state index contributed by atoms with van der Waals surface area (Å²) in [6.45, 7) is 9.54. The number of benzene rings is 1. The van der Waals surface area contributed by atoms with Gasteiger partial charge >= 0.3 is 0 Å². The molecule has 2 aliphatic rings. The molecule has 312 valence electrons. The summed E-state index contributed by atoms with van der Waals surface area (Å²) in [6.07, 6.45) is 6.88. The van der Waals surface area contributed by atoms with Crippen LogP contribution in [0.4, 0.5) is 39.0 Å². The first kappa shape index (κ1) is 42.6. The van der Waals surface area contributed by atoms with Crippen LogP contribution in [0.1, 0.15) is 82.3 Å². The lowest BCUT2D eigenvalue weighted by molar-refractivity contribution is 0.0922. The van der Waals surface area contributed by atoms with Crippen LogP contribution in [0.15, 0.2) is 48.8 Å². The van der Waals surface area contributed by atoms with E-state index in [1.807, 2.05) is 69.2 Å². The van der Waals surface area contributed by atoms with E-state index in [4.69, 9.17) is 17.2 Å². The summed E-state index contributed by atoms with van der Waals surface area (Å²) in [5, 5.41) is 10.9. The lowest BCUT2D eigenvalue weighted by Gasteiger charge is -2.40. The van der Waals surface area contributed by atoms with E-state index in [9.17, 15) is 14.4 Å². The number of carbonyl (C=O) groups is 3. The van der Waals surface area contributed by atoms with Gasteiger partial charge < -0.3 is 47.9 Å². The van der Waals surface area contributed by atoms with Crippen LogP contribution in [-0.2, 0) is 0 Å². The van der Waals surface area contributed by atoms with Gasteiger partial charge in [-0.3, -0.25) is 14.4 Å². The number of aryl methyl sites for hydroxylation is 2. The highest BCUT2D eigenvalue weighted by atomic mass is 32.1. The average molecular weight is 842 g/mol. The number of nitrogens with two attached hydrogens (primary N) is 3. The van der Waals surface area contributed by atoms with Gasteiger partial charge in [0.05, 0.1) is 23.8 Å². The first-order chi connectivity index (χ1) is 28.2. The smallest absolute Gasteiger partial charge is 0.271 e. The predicted octanol–water partition coefficient (Wildman–Crippen LogP) is 4.34. The van der Waals surface area contributed by atoms with Gasteiger partial charge in [-0.05, 0) is 113 Å². The van der Waals surface area contributed by atoms with E-state index >= 15 is 0 Å². The number of anilines is 7. The maximum Gasteiger partial charge on any atom is 0.271 e. The molecule has 18 nitrogen and oxygen atoms in total. The molecule has 0 bridgehead atoms. The molecule has 2 aliphatic heterocycles. The Labute approximate surface area is 351 Å². The molecule has 20 heteroatoms. The summed E-state index contributed by atoms with van der Waals surface area (Å²) in [4.78, 5) is 60.5. The second-order valence-corrected chi connectivity index (χ2v) is 16.4. The highest BCUT2D eigenvalue weighted by molar-refractivity contribution is 7.10. The van der Waals surface area contributed by atoms with E-state index in [1.165, 1.54) is 23.1 Å². The molecule has 9 N–H and O–H groups in total. The zero-order valence-electron chi connectivity index (χ0n) is 34.0. The van der Waals surface area contributed by atoms with Gasteiger partial charge in [-0.25, -0.2) is 19.9 Å². The number of nitrogens with one attached hydrogen (secondary N) is 3. The van der Waals surface area contributed by atoms with Crippen LogP contribution in [-0.4, -0.2) is 97.8 Å². The van der Waals surface area contributed by atoms with E-state index in [1.54, 1.807) is 12.4 Å². The summed E-state index contributed by atoms with van der Waals surface area (Å²) in [6, 6.07) is 11.4. The minimum atomic E-state index is -0.662. The van der Waals surface area contributed by atoms with Crippen molar-refractivity contribution in [2.24, 2.45) is 17.2 Å². The molecule has 4 aromatic heterocycles. The van der Waals surface area contributed by atoms with Crippen molar-refractivity contribution in [3.05, 3.63) is 77.1 Å². The van der Waals surface area contributed by atoms with Crippen LogP contribution < -0.4 is 47.9 Å². The zero-order valence-corrected chi connectivity index (χ0v) is 35.6. The molecular formula is C39H51N15O3S2. The minimum Gasteiger partial charge on any atom is -0.378 e. The maximum absolute atomic E-state index is 12.9. The van der Waals surface area contributed by atoms with Crippen molar-refractivity contribution in [3.8, 4) is 0 Å². The molecule has 4 atom stereocenters. The molecule has 2 fully saturated rings. The molecule has 0 radical (unpaired) electrons. The molecular weight excluding hydrogens is 791 g/mol. The van der Waals surface area contributed by atoms with Crippen molar-refractivity contribution in [1.82, 2.24) is 34.0 Å². The molecule has 4 unspecified atom stereocenters. The second kappa shape index (κ2) is 18.7. The fourth-order valence-electron chi connectivity index (χ4n) is 6.97. The van der Waals surface area contributed by atoms with Gasteiger partial charge in [0.25, 0.3) is 17.7 Å². The van der Waals surface area contributed by atoms with Gasteiger partial charge in [-0.1, -0.05) is 0 Å². The van der Waals surface area contributed by atoms with Crippen molar-refractivity contribution >= 4 is 79.7 Å². The highest BCUT2D eigenvalue weighted by Crippen LogP contribution is 2.29. The lowest BCUT2D eigenvalue weighted by atomic mass is 9.97. The van der Waals surface area contributed by atoms with Crippen molar-refractivity contribution in [2.45, 2.75) is 77.5 Å². The number of nitrogens with zero attached hydrogens (tertiary/aromatic N) is 9. The number of aromatic nitrogens is 6. The van der Waals surface area contributed by atoms with Gasteiger partial charge in [0.15, 0.2) is 23.0 Å². The highest BCUT2D eigenvalue weighted by Gasteiger charge is 2.32. The number of piperidine rings is 2. The number of carbonyl (C=O) groups excluding carboxylic acids is 3. The first-order valence-corrected chi connectivity index (χ1v) is 20.8. The molecule has 2 saturated heterocycles. The summed E-state index contributed by atoms with van der Waals surface area (Å²) in [7, 11) is 3.93. The summed E-state index contributed by atoms with van der Waals surface area (Å²) in [5.41, 5.74) is 20.7. The van der Waals surface area contributed by atoms with Crippen LogP contribution in [0.2, 0.25) is 0 Å². The monoisotopic (exact) mass is 841 g/mol. The second-order valence-electron chi connectivity index (χ2n) is 14.8. The summed E-state index contributed by atoms with van der Waals surface area (Å²) >= 11 is 2.56. The Morgan fingerprint density at radius 3 is 1.71 bits per heavy atom. The average Bonchev–Trinajstić information content (AvgIpc) is 3.82. The van der Waals surface area contributed by atoms with Gasteiger partial charge in [0, 0.05) is 62.6 Å². The molecule has 59 heavy (non-hydrogen) atoms. The van der Waals surface area contributed by atoms with E-state index in [0.717, 1.165) is 65.9 Å². The Kier molecular flexibility index (Phi) is 13.5. The fraction of sp³-hybridized carbons (Fsp3) is 0.410. The fourth-order valence-corrected chi connectivity index (χ4v) is 8.29. The number of rotatable bonds is 11. The Morgan fingerprint density at radius 2 is 1.25 bits per heavy atom. The van der Waals surface area contributed by atoms with Crippen LogP contribution in [0.3, 0.4) is 0 Å². The maximum atomic E-state index is 12.9. The van der Waals surface area contributed by atoms with Gasteiger partial charge in [-0.15, -0.1) is 0 Å².